The predicted octanol–water partition coefficient (Wildman–Crippen LogP) is 2.07. The van der Waals surface area contributed by atoms with Gasteiger partial charge in [0.05, 0.1) is 0 Å². The maximum Gasteiger partial charge on any atom is 0.117 e. The van der Waals surface area contributed by atoms with Crippen molar-refractivity contribution in [3.05, 3.63) is 24.3 Å². The molecule has 1 aromatic carbocycles. The smallest absolute Gasteiger partial charge is 0.117 e. The van der Waals surface area contributed by atoms with Crippen LogP contribution < -0.4 is 11.1 Å². The van der Waals surface area contributed by atoms with Crippen molar-refractivity contribution in [2.75, 3.05) is 5.32 Å². The van der Waals surface area contributed by atoms with Crippen LogP contribution in [0.5, 0.6) is 5.75 Å². The summed E-state index contributed by atoms with van der Waals surface area (Å²) >= 11 is 0. The van der Waals surface area contributed by atoms with Crippen molar-refractivity contribution >= 4 is 5.69 Å². The molecule has 0 unspecified atom stereocenters. The van der Waals surface area contributed by atoms with Gasteiger partial charge in [-0.05, 0) is 37.8 Å². The number of phenolic OH excluding ortho intramolecular Hbond substituents is 1. The molecule has 3 nitrogen and oxygen atoms in total. The van der Waals surface area contributed by atoms with E-state index in [1.165, 1.54) is 0 Å². The fourth-order valence-corrected chi connectivity index (χ4v) is 2.09. The highest BCUT2D eigenvalue weighted by Gasteiger charge is 2.17. The summed E-state index contributed by atoms with van der Waals surface area (Å²) in [5.74, 6) is 0.313. The van der Waals surface area contributed by atoms with Crippen molar-refractivity contribution in [2.45, 2.75) is 37.8 Å². The van der Waals surface area contributed by atoms with E-state index in [1.807, 2.05) is 12.1 Å². The van der Waals surface area contributed by atoms with E-state index < -0.39 is 0 Å². The summed E-state index contributed by atoms with van der Waals surface area (Å²) in [6, 6.07) is 8.16. The Morgan fingerprint density at radius 3 is 2.60 bits per heavy atom. The van der Waals surface area contributed by atoms with Crippen LogP contribution >= 0.6 is 0 Å². The molecule has 1 aliphatic carbocycles. The molecule has 0 radical (unpaired) electrons. The molecule has 1 aromatic rings. The van der Waals surface area contributed by atoms with Crippen molar-refractivity contribution in [3.63, 3.8) is 0 Å². The van der Waals surface area contributed by atoms with Gasteiger partial charge in [0.2, 0.25) is 0 Å². The molecule has 0 spiro atoms. The van der Waals surface area contributed by atoms with Crippen molar-refractivity contribution in [1.82, 2.24) is 0 Å². The minimum atomic E-state index is 0.313. The summed E-state index contributed by atoms with van der Waals surface area (Å²) < 4.78 is 0. The number of hydrogen-bond acceptors (Lipinski definition) is 3. The largest absolute Gasteiger partial charge is 0.508 e. The van der Waals surface area contributed by atoms with Gasteiger partial charge in [-0.3, -0.25) is 0 Å². The molecule has 0 saturated heterocycles. The first kappa shape index (κ1) is 10.3. The molecule has 15 heavy (non-hydrogen) atoms. The van der Waals surface area contributed by atoms with Gasteiger partial charge >= 0.3 is 0 Å². The van der Waals surface area contributed by atoms with Crippen molar-refractivity contribution in [1.29, 1.82) is 0 Å². The van der Waals surface area contributed by atoms with Crippen LogP contribution in [0.2, 0.25) is 0 Å². The second-order valence-corrected chi connectivity index (χ2v) is 4.31. The number of aromatic hydroxyl groups is 1. The van der Waals surface area contributed by atoms with Crippen LogP contribution in [0.25, 0.3) is 0 Å². The van der Waals surface area contributed by atoms with Gasteiger partial charge in [-0.15, -0.1) is 0 Å². The fourth-order valence-electron chi connectivity index (χ4n) is 2.09. The third-order valence-corrected chi connectivity index (χ3v) is 2.99. The predicted molar refractivity (Wildman–Crippen MR) is 62.0 cm³/mol. The number of nitrogens with two attached hydrogens (primary N) is 1. The molecule has 0 amide bonds. The second-order valence-electron chi connectivity index (χ2n) is 4.31. The van der Waals surface area contributed by atoms with Crippen molar-refractivity contribution in [3.8, 4) is 5.75 Å². The van der Waals surface area contributed by atoms with Gasteiger partial charge in [0.15, 0.2) is 0 Å². The molecule has 0 aliphatic heterocycles. The molecule has 0 atom stereocenters. The quantitative estimate of drug-likeness (QED) is 0.694. The molecule has 0 bridgehead atoms. The molecule has 3 heteroatoms. The lowest BCUT2D eigenvalue weighted by Gasteiger charge is -2.27. The summed E-state index contributed by atoms with van der Waals surface area (Å²) in [5.41, 5.74) is 6.84. The van der Waals surface area contributed by atoms with Crippen LogP contribution in [0, 0.1) is 0 Å². The van der Waals surface area contributed by atoms with E-state index in [4.69, 9.17) is 5.73 Å². The molecule has 2 rings (SSSR count). The zero-order valence-electron chi connectivity index (χ0n) is 8.82. The maximum absolute atomic E-state index is 9.32. The Kier molecular flexibility index (Phi) is 3.11. The molecule has 1 saturated carbocycles. The third-order valence-electron chi connectivity index (χ3n) is 2.99. The average molecular weight is 206 g/mol. The van der Waals surface area contributed by atoms with Crippen LogP contribution in [0.1, 0.15) is 25.7 Å². The van der Waals surface area contributed by atoms with E-state index >= 15 is 0 Å². The average Bonchev–Trinajstić information content (AvgIpc) is 2.22. The summed E-state index contributed by atoms with van der Waals surface area (Å²) in [6.07, 6.45) is 4.43. The first-order valence-electron chi connectivity index (χ1n) is 5.55. The minimum absolute atomic E-state index is 0.313. The Morgan fingerprint density at radius 1 is 1.20 bits per heavy atom. The Labute approximate surface area is 90.3 Å². The van der Waals surface area contributed by atoms with Crippen LogP contribution in [-0.4, -0.2) is 17.2 Å². The van der Waals surface area contributed by atoms with Gasteiger partial charge in [0.1, 0.15) is 5.75 Å². The summed E-state index contributed by atoms with van der Waals surface area (Å²) in [7, 11) is 0. The van der Waals surface area contributed by atoms with Gasteiger partial charge in [-0.1, -0.05) is 6.07 Å². The topological polar surface area (TPSA) is 58.3 Å². The number of benzene rings is 1. The first-order valence-corrected chi connectivity index (χ1v) is 5.55. The first-order chi connectivity index (χ1) is 7.24. The number of rotatable bonds is 2. The molecule has 4 N–H and O–H groups in total. The van der Waals surface area contributed by atoms with Crippen molar-refractivity contribution < 1.29 is 5.11 Å². The SMILES string of the molecule is NC1CCC(Nc2cccc(O)c2)CC1. The van der Waals surface area contributed by atoms with Crippen LogP contribution in [0.15, 0.2) is 24.3 Å². The molecule has 0 heterocycles. The van der Waals surface area contributed by atoms with Gasteiger partial charge in [0, 0.05) is 23.8 Å². The Hall–Kier alpha value is -1.22. The van der Waals surface area contributed by atoms with E-state index in [-0.39, 0.29) is 0 Å². The summed E-state index contributed by atoms with van der Waals surface area (Å²) in [5, 5.41) is 12.8. The van der Waals surface area contributed by atoms with E-state index in [0.717, 1.165) is 31.4 Å². The van der Waals surface area contributed by atoms with Gasteiger partial charge in [-0.25, -0.2) is 0 Å². The lowest BCUT2D eigenvalue weighted by molar-refractivity contribution is 0.411. The zero-order chi connectivity index (χ0) is 10.7. The van der Waals surface area contributed by atoms with Crippen LogP contribution in [-0.2, 0) is 0 Å². The van der Waals surface area contributed by atoms with Crippen LogP contribution in [0.3, 0.4) is 0 Å². The molecular weight excluding hydrogens is 188 g/mol. The highest BCUT2D eigenvalue weighted by atomic mass is 16.3. The van der Waals surface area contributed by atoms with Gasteiger partial charge in [-0.2, -0.15) is 0 Å². The molecule has 82 valence electrons. The third kappa shape index (κ3) is 2.86. The monoisotopic (exact) mass is 206 g/mol. The van der Waals surface area contributed by atoms with Crippen LogP contribution in [0.4, 0.5) is 5.69 Å². The fraction of sp³-hybridized carbons (Fsp3) is 0.500. The molecule has 0 aromatic heterocycles. The molecule has 1 fully saturated rings. The van der Waals surface area contributed by atoms with E-state index in [0.29, 0.717) is 17.8 Å². The number of hydrogen-bond donors (Lipinski definition) is 3. The van der Waals surface area contributed by atoms with Gasteiger partial charge in [0.25, 0.3) is 0 Å². The minimum Gasteiger partial charge on any atom is -0.508 e. The normalized spacial score (nSPS) is 26.2. The lowest BCUT2D eigenvalue weighted by Crippen LogP contribution is -2.32. The Bertz CT molecular complexity index is 319. The number of nitrogens with one attached hydrogen (secondary N) is 1. The summed E-state index contributed by atoms with van der Waals surface area (Å²) in [4.78, 5) is 0. The maximum atomic E-state index is 9.32. The number of phenols is 1. The molecule has 1 aliphatic rings. The van der Waals surface area contributed by atoms with E-state index in [1.54, 1.807) is 12.1 Å². The Morgan fingerprint density at radius 2 is 1.93 bits per heavy atom. The number of anilines is 1. The lowest BCUT2D eigenvalue weighted by atomic mass is 9.92. The molecular formula is C12H18N2O. The van der Waals surface area contributed by atoms with E-state index in [2.05, 4.69) is 5.32 Å². The standard InChI is InChI=1S/C12H18N2O/c13-9-4-6-10(7-5-9)14-11-2-1-3-12(15)8-11/h1-3,8-10,14-15H,4-7,13H2. The summed E-state index contributed by atoms with van der Waals surface area (Å²) in [6.45, 7) is 0. The zero-order valence-corrected chi connectivity index (χ0v) is 8.82. The second kappa shape index (κ2) is 4.53. The van der Waals surface area contributed by atoms with Gasteiger partial charge < -0.3 is 16.2 Å². The Balaban J connectivity index is 1.92. The highest BCUT2D eigenvalue weighted by molar-refractivity contribution is 5.48. The van der Waals surface area contributed by atoms with E-state index in [9.17, 15) is 5.11 Å². The van der Waals surface area contributed by atoms with Crippen molar-refractivity contribution in [2.24, 2.45) is 5.73 Å². The highest BCUT2D eigenvalue weighted by Crippen LogP contribution is 2.22.